The molecule has 0 unspecified atom stereocenters. The van der Waals surface area contributed by atoms with Gasteiger partial charge in [0.1, 0.15) is 11.1 Å². The molecule has 4 aromatic rings. The van der Waals surface area contributed by atoms with Crippen molar-refractivity contribution in [3.63, 3.8) is 0 Å². The van der Waals surface area contributed by atoms with Crippen LogP contribution in [0.25, 0.3) is 10.8 Å². The van der Waals surface area contributed by atoms with Crippen LogP contribution >= 0.6 is 11.3 Å². The Morgan fingerprint density at radius 3 is 2.54 bits per heavy atom. The predicted molar refractivity (Wildman–Crippen MR) is 109 cm³/mol. The molecule has 7 heteroatoms. The number of carbonyl (C=O) groups is 1. The summed E-state index contributed by atoms with van der Waals surface area (Å²) in [5.74, 6) is -0.461. The van der Waals surface area contributed by atoms with Crippen molar-refractivity contribution in [3.8, 4) is 6.07 Å². The summed E-state index contributed by atoms with van der Waals surface area (Å²) in [5, 5.41) is 19.3. The van der Waals surface area contributed by atoms with Gasteiger partial charge < -0.3 is 5.32 Å². The highest BCUT2D eigenvalue weighted by atomic mass is 32.1. The predicted octanol–water partition coefficient (Wildman–Crippen LogP) is 3.63. The lowest BCUT2D eigenvalue weighted by atomic mass is 10.1. The molecule has 1 amide bonds. The molecule has 0 saturated carbocycles. The monoisotopic (exact) mass is 386 g/mol. The number of rotatable bonds is 4. The number of nitrogens with one attached hydrogen (secondary N) is 1. The Hall–Kier alpha value is -3.76. The Labute approximate surface area is 164 Å². The van der Waals surface area contributed by atoms with Gasteiger partial charge in [0.2, 0.25) is 0 Å². The van der Waals surface area contributed by atoms with Crippen LogP contribution in [0.5, 0.6) is 0 Å². The van der Waals surface area contributed by atoms with Crippen molar-refractivity contribution in [1.82, 2.24) is 9.78 Å². The minimum Gasteiger partial charge on any atom is -0.311 e. The summed E-state index contributed by atoms with van der Waals surface area (Å²) in [6.45, 7) is 0.257. The first-order valence-electron chi connectivity index (χ1n) is 8.50. The molecule has 0 aliphatic rings. The van der Waals surface area contributed by atoms with Gasteiger partial charge in [0.05, 0.1) is 17.5 Å². The Balaban J connectivity index is 1.81. The molecular formula is C21H14N4O2S. The molecule has 0 aliphatic carbocycles. The van der Waals surface area contributed by atoms with Crippen LogP contribution in [0.4, 0.5) is 5.00 Å². The van der Waals surface area contributed by atoms with E-state index in [2.05, 4.69) is 10.4 Å². The molecular weight excluding hydrogens is 372 g/mol. The van der Waals surface area contributed by atoms with Crippen LogP contribution in [-0.2, 0) is 6.54 Å². The Morgan fingerprint density at radius 2 is 1.79 bits per heavy atom. The highest BCUT2D eigenvalue weighted by Crippen LogP contribution is 2.23. The molecule has 1 N–H and O–H groups in total. The maximum Gasteiger partial charge on any atom is 0.277 e. The number of nitriles is 1. The number of hydrogen-bond donors (Lipinski definition) is 1. The number of carbonyl (C=O) groups excluding carboxylic acids is 1. The third kappa shape index (κ3) is 3.29. The van der Waals surface area contributed by atoms with E-state index in [1.807, 2.05) is 36.4 Å². The second-order valence-corrected chi connectivity index (χ2v) is 6.99. The SMILES string of the molecule is N#Cc1ccsc1NC(=O)c1nn(Cc2ccccc2)c(=O)c2ccccc12. The molecule has 0 aliphatic heterocycles. The van der Waals surface area contributed by atoms with Gasteiger partial charge in [-0.2, -0.15) is 10.4 Å². The Bertz CT molecular complexity index is 1270. The van der Waals surface area contributed by atoms with Crippen LogP contribution in [0.15, 0.2) is 70.8 Å². The largest absolute Gasteiger partial charge is 0.311 e. The highest BCUT2D eigenvalue weighted by molar-refractivity contribution is 7.14. The van der Waals surface area contributed by atoms with Gasteiger partial charge in [-0.05, 0) is 23.1 Å². The average molecular weight is 386 g/mol. The van der Waals surface area contributed by atoms with E-state index in [0.717, 1.165) is 5.56 Å². The molecule has 0 atom stereocenters. The van der Waals surface area contributed by atoms with Gasteiger partial charge in [-0.15, -0.1) is 11.3 Å². The molecule has 0 radical (unpaired) electrons. The molecule has 2 heterocycles. The maximum atomic E-state index is 12.9. The average Bonchev–Trinajstić information content (AvgIpc) is 3.18. The smallest absolute Gasteiger partial charge is 0.277 e. The van der Waals surface area contributed by atoms with Crippen molar-refractivity contribution >= 4 is 33.0 Å². The lowest BCUT2D eigenvalue weighted by molar-refractivity contribution is 0.102. The summed E-state index contributed by atoms with van der Waals surface area (Å²) in [5.41, 5.74) is 1.18. The number of fused-ring (bicyclic) bond motifs is 1. The zero-order valence-corrected chi connectivity index (χ0v) is 15.4. The van der Waals surface area contributed by atoms with E-state index in [4.69, 9.17) is 5.26 Å². The molecule has 0 spiro atoms. The fourth-order valence-corrected chi connectivity index (χ4v) is 3.66. The van der Waals surface area contributed by atoms with Crippen molar-refractivity contribution < 1.29 is 4.79 Å². The van der Waals surface area contributed by atoms with Crippen LogP contribution in [0.1, 0.15) is 21.6 Å². The summed E-state index contributed by atoms with van der Waals surface area (Å²) in [6.07, 6.45) is 0. The first-order valence-corrected chi connectivity index (χ1v) is 9.38. The fourth-order valence-electron chi connectivity index (χ4n) is 2.92. The van der Waals surface area contributed by atoms with E-state index >= 15 is 0 Å². The summed E-state index contributed by atoms with van der Waals surface area (Å²) < 4.78 is 1.30. The summed E-state index contributed by atoms with van der Waals surface area (Å²) in [6, 6.07) is 20.0. The number of benzene rings is 2. The van der Waals surface area contributed by atoms with Gasteiger partial charge in [-0.25, -0.2) is 4.68 Å². The van der Waals surface area contributed by atoms with Crippen molar-refractivity contribution in [3.05, 3.63) is 93.2 Å². The molecule has 4 rings (SSSR count). The van der Waals surface area contributed by atoms with Crippen LogP contribution in [0.2, 0.25) is 0 Å². The number of aromatic nitrogens is 2. The number of amides is 1. The van der Waals surface area contributed by atoms with E-state index in [1.165, 1.54) is 16.0 Å². The molecule has 0 bridgehead atoms. The van der Waals surface area contributed by atoms with Crippen molar-refractivity contribution in [2.45, 2.75) is 6.54 Å². The van der Waals surface area contributed by atoms with E-state index in [0.29, 0.717) is 21.3 Å². The van der Waals surface area contributed by atoms with Gasteiger partial charge in [0.25, 0.3) is 11.5 Å². The number of hydrogen-bond acceptors (Lipinski definition) is 5. The summed E-state index contributed by atoms with van der Waals surface area (Å²) in [4.78, 5) is 25.8. The Kier molecular flexibility index (Phi) is 4.70. The molecule has 28 heavy (non-hydrogen) atoms. The summed E-state index contributed by atoms with van der Waals surface area (Å²) >= 11 is 1.26. The molecule has 6 nitrogen and oxygen atoms in total. The van der Waals surface area contributed by atoms with Crippen LogP contribution in [0.3, 0.4) is 0 Å². The first kappa shape index (κ1) is 17.6. The standard InChI is InChI=1S/C21H14N4O2S/c22-12-15-10-11-28-20(15)23-19(26)18-16-8-4-5-9-17(16)21(27)25(24-18)13-14-6-2-1-3-7-14/h1-11H,13H2,(H,23,26). The van der Waals surface area contributed by atoms with Crippen molar-refractivity contribution in [2.75, 3.05) is 5.32 Å². The third-order valence-electron chi connectivity index (χ3n) is 4.27. The van der Waals surface area contributed by atoms with Gasteiger partial charge >= 0.3 is 0 Å². The summed E-state index contributed by atoms with van der Waals surface area (Å²) in [7, 11) is 0. The van der Waals surface area contributed by atoms with Crippen molar-refractivity contribution in [2.24, 2.45) is 0 Å². The normalized spacial score (nSPS) is 10.5. The van der Waals surface area contributed by atoms with E-state index in [-0.39, 0.29) is 17.8 Å². The maximum absolute atomic E-state index is 12.9. The zero-order chi connectivity index (χ0) is 19.5. The zero-order valence-electron chi connectivity index (χ0n) is 14.6. The second-order valence-electron chi connectivity index (χ2n) is 6.07. The van der Waals surface area contributed by atoms with Crippen molar-refractivity contribution in [1.29, 1.82) is 5.26 Å². The minimum absolute atomic E-state index is 0.142. The van der Waals surface area contributed by atoms with E-state index in [9.17, 15) is 9.59 Å². The second kappa shape index (κ2) is 7.47. The fraction of sp³-hybridized carbons (Fsp3) is 0.0476. The van der Waals surface area contributed by atoms with Crippen LogP contribution in [-0.4, -0.2) is 15.7 Å². The molecule has 2 aromatic heterocycles. The van der Waals surface area contributed by atoms with Gasteiger partial charge in [-0.1, -0.05) is 48.5 Å². The Morgan fingerprint density at radius 1 is 1.07 bits per heavy atom. The number of nitrogens with zero attached hydrogens (tertiary/aromatic N) is 3. The van der Waals surface area contributed by atoms with Gasteiger partial charge in [0, 0.05) is 5.39 Å². The lowest BCUT2D eigenvalue weighted by Crippen LogP contribution is -2.28. The van der Waals surface area contributed by atoms with E-state index < -0.39 is 5.91 Å². The van der Waals surface area contributed by atoms with Crippen LogP contribution in [0, 0.1) is 11.3 Å². The molecule has 0 fully saturated rings. The molecule has 0 saturated heterocycles. The lowest BCUT2D eigenvalue weighted by Gasteiger charge is -2.11. The number of thiophene rings is 1. The van der Waals surface area contributed by atoms with Gasteiger partial charge in [-0.3, -0.25) is 9.59 Å². The van der Waals surface area contributed by atoms with E-state index in [1.54, 1.807) is 35.7 Å². The van der Waals surface area contributed by atoms with Gasteiger partial charge in [0.15, 0.2) is 5.69 Å². The quantitative estimate of drug-likeness (QED) is 0.580. The molecule has 136 valence electrons. The minimum atomic E-state index is -0.461. The topological polar surface area (TPSA) is 87.8 Å². The third-order valence-corrected chi connectivity index (χ3v) is 5.10. The first-order chi connectivity index (χ1) is 13.7. The van der Waals surface area contributed by atoms with Crippen LogP contribution < -0.4 is 10.9 Å². The highest BCUT2D eigenvalue weighted by Gasteiger charge is 2.18. The molecule has 2 aromatic carbocycles. The number of anilines is 1.